The van der Waals surface area contributed by atoms with Crippen molar-refractivity contribution in [3.63, 3.8) is 0 Å². The molecule has 0 atom stereocenters. The summed E-state index contributed by atoms with van der Waals surface area (Å²) in [6.07, 6.45) is 4.59. The van der Waals surface area contributed by atoms with Crippen molar-refractivity contribution in [3.05, 3.63) is 48.8 Å². The number of hydrogen-bond acceptors (Lipinski definition) is 4. The first-order valence-electron chi connectivity index (χ1n) is 5.75. The highest BCUT2D eigenvalue weighted by Gasteiger charge is 1.92. The van der Waals surface area contributed by atoms with Crippen LogP contribution in [0.3, 0.4) is 0 Å². The molecule has 0 aliphatic rings. The molecule has 0 aliphatic carbocycles. The smallest absolute Gasteiger partial charge is 0.125 e. The molecule has 4 heteroatoms. The Kier molecular flexibility index (Phi) is 4.34. The maximum Gasteiger partial charge on any atom is 0.125 e. The van der Waals surface area contributed by atoms with Crippen molar-refractivity contribution >= 4 is 11.6 Å². The molecule has 0 bridgehead atoms. The fourth-order valence-corrected chi connectivity index (χ4v) is 1.46. The first-order chi connectivity index (χ1) is 8.45. The standard InChI is InChI=1S/C13H16N4/c1-3-8-14-12(6-1)16-10-5-11-17-13-7-2-4-9-15-13/h1-4,6-9H,5,10-11H2,(H,14,16)(H,15,17). The lowest BCUT2D eigenvalue weighted by atomic mass is 10.4. The quantitative estimate of drug-likeness (QED) is 0.745. The van der Waals surface area contributed by atoms with Gasteiger partial charge in [0, 0.05) is 25.5 Å². The van der Waals surface area contributed by atoms with Crippen molar-refractivity contribution in [3.8, 4) is 0 Å². The first kappa shape index (κ1) is 11.4. The van der Waals surface area contributed by atoms with Gasteiger partial charge < -0.3 is 10.6 Å². The Balaban J connectivity index is 1.61. The third-order valence-corrected chi connectivity index (χ3v) is 2.30. The van der Waals surface area contributed by atoms with E-state index in [9.17, 15) is 0 Å². The summed E-state index contributed by atoms with van der Waals surface area (Å²) in [5.41, 5.74) is 0. The van der Waals surface area contributed by atoms with E-state index in [1.807, 2.05) is 36.4 Å². The van der Waals surface area contributed by atoms with E-state index in [1.165, 1.54) is 0 Å². The number of nitrogens with zero attached hydrogens (tertiary/aromatic N) is 2. The van der Waals surface area contributed by atoms with Crippen LogP contribution in [0.25, 0.3) is 0 Å². The average molecular weight is 228 g/mol. The van der Waals surface area contributed by atoms with E-state index >= 15 is 0 Å². The van der Waals surface area contributed by atoms with Crippen molar-refractivity contribution in [2.24, 2.45) is 0 Å². The lowest BCUT2D eigenvalue weighted by molar-refractivity contribution is 0.898. The highest BCUT2D eigenvalue weighted by atomic mass is 15.0. The van der Waals surface area contributed by atoms with Crippen LogP contribution in [-0.2, 0) is 0 Å². The topological polar surface area (TPSA) is 49.8 Å². The molecule has 0 spiro atoms. The Labute approximate surface area is 101 Å². The van der Waals surface area contributed by atoms with Gasteiger partial charge in [-0.25, -0.2) is 9.97 Å². The van der Waals surface area contributed by atoms with E-state index in [0.717, 1.165) is 31.1 Å². The van der Waals surface area contributed by atoms with Crippen LogP contribution in [0.2, 0.25) is 0 Å². The van der Waals surface area contributed by atoms with Crippen molar-refractivity contribution in [1.29, 1.82) is 0 Å². The zero-order valence-electron chi connectivity index (χ0n) is 9.63. The minimum atomic E-state index is 0.900. The Bertz CT molecular complexity index is 374. The third-order valence-electron chi connectivity index (χ3n) is 2.30. The summed E-state index contributed by atoms with van der Waals surface area (Å²) in [4.78, 5) is 8.38. The number of nitrogens with one attached hydrogen (secondary N) is 2. The molecule has 88 valence electrons. The molecule has 0 amide bonds. The lowest BCUT2D eigenvalue weighted by Gasteiger charge is -2.06. The second kappa shape index (κ2) is 6.48. The molecule has 0 radical (unpaired) electrons. The SMILES string of the molecule is c1ccc(NCCCNc2ccccn2)nc1. The molecular formula is C13H16N4. The van der Waals surface area contributed by atoms with Gasteiger partial charge in [0.2, 0.25) is 0 Å². The van der Waals surface area contributed by atoms with Crippen molar-refractivity contribution in [2.75, 3.05) is 23.7 Å². The maximum absolute atomic E-state index is 4.19. The fourth-order valence-electron chi connectivity index (χ4n) is 1.46. The number of anilines is 2. The van der Waals surface area contributed by atoms with Gasteiger partial charge in [0.25, 0.3) is 0 Å². The fraction of sp³-hybridized carbons (Fsp3) is 0.231. The largest absolute Gasteiger partial charge is 0.370 e. The van der Waals surface area contributed by atoms with E-state index < -0.39 is 0 Å². The van der Waals surface area contributed by atoms with Crippen LogP contribution < -0.4 is 10.6 Å². The molecule has 0 aliphatic heterocycles. The molecule has 2 N–H and O–H groups in total. The molecule has 0 aromatic carbocycles. The number of hydrogen-bond donors (Lipinski definition) is 2. The second-order valence-corrected chi connectivity index (χ2v) is 3.64. The van der Waals surface area contributed by atoms with Crippen LogP contribution in [0.15, 0.2) is 48.8 Å². The molecular weight excluding hydrogens is 212 g/mol. The molecule has 4 nitrogen and oxygen atoms in total. The average Bonchev–Trinajstić information content (AvgIpc) is 2.41. The monoisotopic (exact) mass is 228 g/mol. The third kappa shape index (κ3) is 4.10. The van der Waals surface area contributed by atoms with Gasteiger partial charge in [-0.1, -0.05) is 12.1 Å². The van der Waals surface area contributed by atoms with Crippen LogP contribution in [0.4, 0.5) is 11.6 Å². The minimum absolute atomic E-state index is 0.900. The first-order valence-corrected chi connectivity index (χ1v) is 5.75. The zero-order valence-corrected chi connectivity index (χ0v) is 9.63. The van der Waals surface area contributed by atoms with Crippen molar-refractivity contribution < 1.29 is 0 Å². The number of rotatable bonds is 6. The van der Waals surface area contributed by atoms with E-state index in [1.54, 1.807) is 12.4 Å². The van der Waals surface area contributed by atoms with E-state index in [4.69, 9.17) is 0 Å². The maximum atomic E-state index is 4.19. The lowest BCUT2D eigenvalue weighted by Crippen LogP contribution is -2.10. The summed E-state index contributed by atoms with van der Waals surface area (Å²) in [6.45, 7) is 1.80. The summed E-state index contributed by atoms with van der Waals surface area (Å²) in [7, 11) is 0. The molecule has 2 aromatic rings. The second-order valence-electron chi connectivity index (χ2n) is 3.64. The predicted molar refractivity (Wildman–Crippen MR) is 70.1 cm³/mol. The summed E-state index contributed by atoms with van der Waals surface area (Å²) in [5, 5.41) is 6.52. The molecule has 2 heterocycles. The summed E-state index contributed by atoms with van der Waals surface area (Å²) >= 11 is 0. The molecule has 0 saturated heterocycles. The highest BCUT2D eigenvalue weighted by Crippen LogP contribution is 2.01. The molecule has 2 rings (SSSR count). The Hall–Kier alpha value is -2.10. The Morgan fingerprint density at radius 1 is 0.765 bits per heavy atom. The van der Waals surface area contributed by atoms with Gasteiger partial charge >= 0.3 is 0 Å². The number of aromatic nitrogens is 2. The normalized spacial score (nSPS) is 9.88. The van der Waals surface area contributed by atoms with Gasteiger partial charge in [0.1, 0.15) is 11.6 Å². The molecule has 0 fully saturated rings. The molecule has 17 heavy (non-hydrogen) atoms. The Morgan fingerprint density at radius 3 is 1.71 bits per heavy atom. The van der Waals surface area contributed by atoms with Gasteiger partial charge in [0.15, 0.2) is 0 Å². The summed E-state index contributed by atoms with van der Waals surface area (Å²) < 4.78 is 0. The van der Waals surface area contributed by atoms with E-state index in [2.05, 4.69) is 20.6 Å². The van der Waals surface area contributed by atoms with Crippen molar-refractivity contribution in [1.82, 2.24) is 9.97 Å². The van der Waals surface area contributed by atoms with Gasteiger partial charge in [-0.05, 0) is 30.7 Å². The van der Waals surface area contributed by atoms with Crippen LogP contribution in [0, 0.1) is 0 Å². The molecule has 2 aromatic heterocycles. The highest BCUT2D eigenvalue weighted by molar-refractivity contribution is 5.34. The Morgan fingerprint density at radius 2 is 1.29 bits per heavy atom. The van der Waals surface area contributed by atoms with Crippen LogP contribution >= 0.6 is 0 Å². The van der Waals surface area contributed by atoms with Crippen molar-refractivity contribution in [2.45, 2.75) is 6.42 Å². The van der Waals surface area contributed by atoms with Crippen LogP contribution in [0.5, 0.6) is 0 Å². The summed E-state index contributed by atoms with van der Waals surface area (Å²) in [5.74, 6) is 1.84. The van der Waals surface area contributed by atoms with E-state index in [-0.39, 0.29) is 0 Å². The zero-order chi connectivity index (χ0) is 11.8. The summed E-state index contributed by atoms with van der Waals surface area (Å²) in [6, 6.07) is 11.7. The van der Waals surface area contributed by atoms with Crippen LogP contribution in [0.1, 0.15) is 6.42 Å². The van der Waals surface area contributed by atoms with Gasteiger partial charge in [-0.15, -0.1) is 0 Å². The van der Waals surface area contributed by atoms with Gasteiger partial charge in [-0.2, -0.15) is 0 Å². The molecule has 0 saturated carbocycles. The van der Waals surface area contributed by atoms with Crippen LogP contribution in [-0.4, -0.2) is 23.1 Å². The van der Waals surface area contributed by atoms with E-state index in [0.29, 0.717) is 0 Å². The number of pyridine rings is 2. The van der Waals surface area contributed by atoms with Gasteiger partial charge in [0.05, 0.1) is 0 Å². The predicted octanol–water partition coefficient (Wildman–Crippen LogP) is 2.39. The molecule has 0 unspecified atom stereocenters. The van der Waals surface area contributed by atoms with Gasteiger partial charge in [-0.3, -0.25) is 0 Å². The minimum Gasteiger partial charge on any atom is -0.370 e.